The second-order valence-corrected chi connectivity index (χ2v) is 48.1. The Labute approximate surface area is 597 Å². The van der Waals surface area contributed by atoms with Crippen LogP contribution in [0.3, 0.4) is 0 Å². The van der Waals surface area contributed by atoms with E-state index in [0.717, 1.165) is 41.5 Å². The Bertz CT molecular complexity index is 3570. The molecule has 5 rings (SSSR count). The van der Waals surface area contributed by atoms with Crippen molar-refractivity contribution in [2.45, 2.75) is 98.9 Å². The number of rotatable bonds is 31. The summed E-state index contributed by atoms with van der Waals surface area (Å²) >= 11 is 0. The van der Waals surface area contributed by atoms with E-state index in [1.807, 2.05) is 38.1 Å². The molecule has 0 atom stereocenters. The van der Waals surface area contributed by atoms with Crippen LogP contribution in [0.1, 0.15) is 48.6 Å². The van der Waals surface area contributed by atoms with Gasteiger partial charge < -0.3 is 69.3 Å². The van der Waals surface area contributed by atoms with Crippen molar-refractivity contribution in [1.29, 1.82) is 0 Å². The number of primary amides is 3. The molecule has 27 heteroatoms. The minimum atomic E-state index is -1.94. The van der Waals surface area contributed by atoms with Crippen molar-refractivity contribution in [3.05, 3.63) is 178 Å². The van der Waals surface area contributed by atoms with Gasteiger partial charge >= 0.3 is 35.8 Å². The van der Waals surface area contributed by atoms with Crippen molar-refractivity contribution in [3.8, 4) is 28.7 Å². The average molecular weight is 1460 g/mol. The Morgan fingerprint density at radius 1 is 0.356 bits per heavy atom. The fraction of sp³-hybridized carbons (Fsp3) is 0.338. The second kappa shape index (κ2) is 42.8. The normalized spacial score (nSPS) is 11.1. The molecule has 546 valence electrons. The number of benzene rings is 5. The molecular formula is C74H99N3O20Si4. The van der Waals surface area contributed by atoms with Gasteiger partial charge in [-0.1, -0.05) is 133 Å². The number of hydrogen-bond acceptors (Lipinski definition) is 20. The van der Waals surface area contributed by atoms with Crippen molar-refractivity contribution in [2.24, 2.45) is 17.2 Å². The molecule has 6 N–H and O–H groups in total. The first-order chi connectivity index (χ1) is 47.2. The Balaban J connectivity index is 0.000000482. The van der Waals surface area contributed by atoms with Crippen LogP contribution in [0.5, 0.6) is 28.7 Å². The van der Waals surface area contributed by atoms with E-state index in [2.05, 4.69) is 91.0 Å². The van der Waals surface area contributed by atoms with E-state index in [9.17, 15) is 43.2 Å². The highest BCUT2D eigenvalue weighted by molar-refractivity contribution is 6.77. The molecule has 0 heterocycles. The predicted molar refractivity (Wildman–Crippen MR) is 402 cm³/mol. The number of ether oxygens (including phenoxy) is 11. The summed E-state index contributed by atoms with van der Waals surface area (Å²) in [5.41, 5.74) is 18.1. The van der Waals surface area contributed by atoms with Gasteiger partial charge in [-0.05, 0) is 140 Å². The van der Waals surface area contributed by atoms with Crippen molar-refractivity contribution in [2.75, 3.05) is 66.2 Å². The summed E-state index contributed by atoms with van der Waals surface area (Å²) in [5, 5.41) is 0. The van der Waals surface area contributed by atoms with Gasteiger partial charge in [-0.25, -0.2) is 28.8 Å². The molecule has 0 saturated heterocycles. The third-order valence-electron chi connectivity index (χ3n) is 12.6. The van der Waals surface area contributed by atoms with Crippen molar-refractivity contribution in [1.82, 2.24) is 0 Å². The van der Waals surface area contributed by atoms with Gasteiger partial charge in [0.05, 0.1) is 96.5 Å². The van der Waals surface area contributed by atoms with Gasteiger partial charge in [0, 0.05) is 6.08 Å². The van der Waals surface area contributed by atoms with Gasteiger partial charge in [0.2, 0.25) is 0 Å². The first-order valence-corrected chi connectivity index (χ1v) is 46.5. The lowest BCUT2D eigenvalue weighted by Crippen LogP contribution is -2.41. The maximum absolute atomic E-state index is 11.8. The maximum atomic E-state index is 11.8. The fourth-order valence-corrected chi connectivity index (χ4v) is 10.5. The SMILES string of the molecule is CC(C)OC(=O)/C=C/c1ccc(OC[Si](C)(C)C)cc1.CCOC(=O)/C(=C\c1ccc(OC[Si](C)(C)C)cc1)C(N)=O.COC(=O)C(=Cc1ccc(OC[Si](C)(C)COc2ccc(C=C(C(=O)OC)C(=O)OC)cc2)cc1)C(=O)OC.C[Si](C)(C)COc1ccc(C=C(C(N)=O)C(N)=O)cc1. The molecule has 0 radical (unpaired) electrons. The molecule has 0 bridgehead atoms. The molecule has 0 spiro atoms. The molecule has 0 unspecified atom stereocenters. The molecule has 0 aliphatic rings. The number of carbonyl (C=O) groups is 9. The Morgan fingerprint density at radius 3 is 0.842 bits per heavy atom. The third-order valence-corrected chi connectivity index (χ3v) is 17.5. The molecule has 3 amide bonds. The standard InChI is InChI=1S/C28H32O10Si.C16H23NO4Si.C16H24O3Si.C14H20N2O3Si/c1-33-25(29)23(26(30)34-2)15-19-7-11-21(12-8-19)37-17-39(5,6)18-38-22-13-9-20(10-14-22)16-24(27(31)35-3)28(32)36-4;1-5-20-16(19)14(15(17)18)10-12-6-8-13(9-7-12)21-11-22(2,3)4;1-13(2)19-16(17)11-8-14-6-9-15(10-7-14)18-12-20(3,4)5;1-20(2,3)9-19-11-6-4-10(5-7-11)8-12(13(15)17)14(16)18/h7-16H,17-18H2,1-6H3;6-10H,5,11H2,1-4H3,(H2,17,18);6-11,13H,12H2,1-5H3;4-8H,9H2,1-3H3,(H2,15,17)(H2,16,18)/b;14-10-;11-8+;. The summed E-state index contributed by atoms with van der Waals surface area (Å²) in [4.78, 5) is 104. The topological polar surface area (TPSA) is 333 Å². The Morgan fingerprint density at radius 2 is 0.604 bits per heavy atom. The van der Waals surface area contributed by atoms with E-state index in [-0.39, 0.29) is 41.0 Å². The van der Waals surface area contributed by atoms with Gasteiger partial charge in [0.15, 0.2) is 0 Å². The summed E-state index contributed by atoms with van der Waals surface area (Å²) in [6.07, 6.45) is 11.9. The van der Waals surface area contributed by atoms with Crippen LogP contribution >= 0.6 is 0 Å². The minimum absolute atomic E-state index is 0.0931. The molecular weight excluding hydrogens is 1360 g/mol. The van der Waals surface area contributed by atoms with Gasteiger partial charge in [0.25, 0.3) is 17.7 Å². The summed E-state index contributed by atoms with van der Waals surface area (Å²) in [7, 11) is -0.927. The zero-order valence-corrected chi connectivity index (χ0v) is 65.2. The van der Waals surface area contributed by atoms with Crippen LogP contribution in [0.4, 0.5) is 0 Å². The fourth-order valence-electron chi connectivity index (χ4n) is 7.46. The van der Waals surface area contributed by atoms with E-state index in [1.54, 1.807) is 110 Å². The van der Waals surface area contributed by atoms with Crippen LogP contribution in [-0.2, 0) is 71.6 Å². The van der Waals surface area contributed by atoms with Crippen LogP contribution in [0, 0.1) is 0 Å². The molecule has 0 aromatic heterocycles. The Kier molecular flexibility index (Phi) is 36.8. The molecule has 0 fully saturated rings. The highest BCUT2D eigenvalue weighted by Gasteiger charge is 2.26. The average Bonchev–Trinajstić information content (AvgIpc) is 0.892. The number of hydrogen-bond donors (Lipinski definition) is 3. The first kappa shape index (κ1) is 87.0. The van der Waals surface area contributed by atoms with Gasteiger partial charge in [0.1, 0.15) is 59.1 Å². The van der Waals surface area contributed by atoms with Gasteiger partial charge in [-0.2, -0.15) is 0 Å². The molecule has 0 aliphatic carbocycles. The largest absolute Gasteiger partial charge is 0.497 e. The molecule has 0 saturated carbocycles. The lowest BCUT2D eigenvalue weighted by Gasteiger charge is -2.23. The van der Waals surface area contributed by atoms with Crippen LogP contribution < -0.4 is 40.9 Å². The summed E-state index contributed by atoms with van der Waals surface area (Å²) in [6, 6.07) is 35.7. The van der Waals surface area contributed by atoms with E-state index < -0.39 is 79.9 Å². The molecule has 23 nitrogen and oxygen atoms in total. The lowest BCUT2D eigenvalue weighted by molar-refractivity contribution is -0.145. The highest BCUT2D eigenvalue weighted by Crippen LogP contribution is 2.23. The van der Waals surface area contributed by atoms with E-state index in [1.165, 1.54) is 58.8 Å². The van der Waals surface area contributed by atoms with E-state index in [0.29, 0.717) is 46.2 Å². The number of amides is 3. The molecule has 5 aromatic carbocycles. The van der Waals surface area contributed by atoms with Crippen molar-refractivity contribution < 1.29 is 95.3 Å². The van der Waals surface area contributed by atoms with Crippen LogP contribution in [-0.4, -0.2) is 158 Å². The Hall–Kier alpha value is -10.1. The second-order valence-electron chi connectivity index (χ2n) is 27.0. The van der Waals surface area contributed by atoms with Crippen LogP contribution in [0.2, 0.25) is 72.0 Å². The quantitative estimate of drug-likeness (QED) is 0.00926. The maximum Gasteiger partial charge on any atom is 0.345 e. The number of esters is 6. The third kappa shape index (κ3) is 36.5. The number of methoxy groups -OCH3 is 4. The molecule has 0 aliphatic heterocycles. The molecule has 5 aromatic rings. The number of carbonyl (C=O) groups excluding carboxylic acids is 9. The van der Waals surface area contributed by atoms with Crippen molar-refractivity contribution >= 4 is 116 Å². The zero-order chi connectivity index (χ0) is 76.3. The van der Waals surface area contributed by atoms with Crippen molar-refractivity contribution in [3.63, 3.8) is 0 Å². The smallest absolute Gasteiger partial charge is 0.345 e. The highest BCUT2D eigenvalue weighted by atomic mass is 28.3. The lowest BCUT2D eigenvalue weighted by atomic mass is 10.1. The van der Waals surface area contributed by atoms with Crippen LogP contribution in [0.15, 0.2) is 150 Å². The summed E-state index contributed by atoms with van der Waals surface area (Å²) in [5.74, 6) is -3.00. The van der Waals surface area contributed by atoms with E-state index in [4.69, 9.17) is 50.4 Å². The van der Waals surface area contributed by atoms with Crippen LogP contribution in [0.25, 0.3) is 30.4 Å². The summed E-state index contributed by atoms with van der Waals surface area (Å²) in [6.45, 7) is 29.9. The number of nitrogens with two attached hydrogens (primary N) is 3. The van der Waals surface area contributed by atoms with Gasteiger partial charge in [-0.15, -0.1) is 0 Å². The van der Waals surface area contributed by atoms with E-state index >= 15 is 0 Å². The van der Waals surface area contributed by atoms with Gasteiger partial charge in [-0.3, -0.25) is 14.4 Å². The predicted octanol–water partition coefficient (Wildman–Crippen LogP) is 11.0. The first-order valence-electron chi connectivity index (χ1n) is 32.0. The summed E-state index contributed by atoms with van der Waals surface area (Å²) < 4.78 is 57.5. The zero-order valence-electron chi connectivity index (χ0n) is 61.2. The minimum Gasteiger partial charge on any atom is -0.497 e. The molecule has 101 heavy (non-hydrogen) atoms. The monoisotopic (exact) mass is 1460 g/mol.